The summed E-state index contributed by atoms with van der Waals surface area (Å²) in [5.74, 6) is -5.06. The summed E-state index contributed by atoms with van der Waals surface area (Å²) in [6.07, 6.45) is -0.0761. The number of nitrogens with zero attached hydrogens (tertiary/aromatic N) is 2. The van der Waals surface area contributed by atoms with Gasteiger partial charge in [0.25, 0.3) is 0 Å². The minimum absolute atomic E-state index is 0.0626. The molecule has 0 spiro atoms. The number of carbonyl (C=O) groups is 4. The predicted octanol–water partition coefficient (Wildman–Crippen LogP) is 6.57. The minimum Gasteiger partial charge on any atom is -0.495 e. The van der Waals surface area contributed by atoms with Crippen molar-refractivity contribution in [1.82, 2.24) is 0 Å². The number of hydrogen-bond acceptors (Lipinski definition) is 6. The molecule has 3 fully saturated rings. The molecule has 2 bridgehead atoms. The Morgan fingerprint density at radius 3 is 2.05 bits per heavy atom. The van der Waals surface area contributed by atoms with E-state index in [-0.39, 0.29) is 40.4 Å². The van der Waals surface area contributed by atoms with Crippen molar-refractivity contribution in [3.8, 4) is 11.5 Å². The zero-order valence-electron chi connectivity index (χ0n) is 22.1. The molecule has 0 radical (unpaired) electrons. The van der Waals surface area contributed by atoms with E-state index in [0.717, 1.165) is 4.90 Å². The number of rotatable bonds is 5. The number of amides is 3. The van der Waals surface area contributed by atoms with Crippen molar-refractivity contribution in [2.75, 3.05) is 23.5 Å². The first-order valence-corrected chi connectivity index (χ1v) is 15.4. The summed E-state index contributed by atoms with van der Waals surface area (Å²) < 4.78 is 8.89. The van der Waals surface area contributed by atoms with Gasteiger partial charge in [0, 0.05) is 18.0 Å². The van der Waals surface area contributed by atoms with Crippen molar-refractivity contribution in [1.29, 1.82) is 0 Å². The van der Waals surface area contributed by atoms with Crippen LogP contribution in [0.3, 0.4) is 0 Å². The van der Waals surface area contributed by atoms with E-state index in [1.165, 1.54) is 30.2 Å². The summed E-state index contributed by atoms with van der Waals surface area (Å²) in [6, 6.07) is 9.22. The van der Waals surface area contributed by atoms with Crippen LogP contribution in [0.2, 0.25) is 5.02 Å². The fourth-order valence-electron chi connectivity index (χ4n) is 6.35. The molecule has 2 aliphatic heterocycles. The van der Waals surface area contributed by atoms with Crippen LogP contribution < -0.4 is 19.3 Å². The summed E-state index contributed by atoms with van der Waals surface area (Å²) in [4.78, 5) is 51.7. The van der Waals surface area contributed by atoms with Gasteiger partial charge in [0.15, 0.2) is 4.33 Å². The standard InChI is InChI=1S/C28H19Cl7N2O6/c1-11-7-14(43-25(41)12-8-18(38)36(10-12)16-9-13(29)3-6-17(16)42-2)4-5-15(11)37-23(39)19-20(24(37)40)27(33)22(31)21(30)26(19,32)28(27,34)35/h3-7,9,12,19-20H,8,10H2,1-2H3/t12-,19-,20+,26+,27+/m0/s1. The molecule has 4 aliphatic rings. The molecule has 1 saturated carbocycles. The third-order valence-corrected chi connectivity index (χ3v) is 12.9. The quantitative estimate of drug-likeness (QED) is 0.150. The molecule has 226 valence electrons. The van der Waals surface area contributed by atoms with E-state index in [1.54, 1.807) is 25.1 Å². The van der Waals surface area contributed by atoms with Gasteiger partial charge in [0.2, 0.25) is 17.7 Å². The molecule has 2 heterocycles. The molecule has 5 atom stereocenters. The van der Waals surface area contributed by atoms with E-state index in [0.29, 0.717) is 22.0 Å². The number of aryl methyl sites for hydroxylation is 1. The molecule has 2 aromatic rings. The fraction of sp³-hybridized carbons (Fsp3) is 0.357. The molecular formula is C28H19Cl7N2O6. The van der Waals surface area contributed by atoms with Gasteiger partial charge in [0.05, 0.1) is 46.3 Å². The number of allylic oxidation sites excluding steroid dienone is 2. The van der Waals surface area contributed by atoms with E-state index < -0.39 is 49.6 Å². The number of halogens is 7. The van der Waals surface area contributed by atoms with E-state index in [9.17, 15) is 19.2 Å². The second kappa shape index (κ2) is 10.3. The molecule has 2 aromatic carbocycles. The van der Waals surface area contributed by atoms with Crippen LogP contribution in [0.4, 0.5) is 11.4 Å². The Labute approximate surface area is 280 Å². The van der Waals surface area contributed by atoms with Crippen molar-refractivity contribution >= 4 is 116 Å². The highest BCUT2D eigenvalue weighted by Gasteiger charge is 2.87. The fourth-order valence-corrected chi connectivity index (χ4v) is 9.44. The van der Waals surface area contributed by atoms with Gasteiger partial charge in [-0.3, -0.25) is 19.2 Å². The third-order valence-electron chi connectivity index (χ3n) is 8.43. The number of ether oxygens (including phenoxy) is 2. The van der Waals surface area contributed by atoms with Gasteiger partial charge in [-0.15, -0.1) is 23.2 Å². The van der Waals surface area contributed by atoms with Gasteiger partial charge in [-0.1, -0.05) is 58.0 Å². The maximum absolute atomic E-state index is 13.7. The zero-order chi connectivity index (χ0) is 31.4. The number of anilines is 2. The highest BCUT2D eigenvalue weighted by atomic mass is 35.5. The average Bonchev–Trinajstić information content (AvgIpc) is 3.54. The molecule has 0 unspecified atom stereocenters. The van der Waals surface area contributed by atoms with Gasteiger partial charge in [-0.05, 0) is 48.9 Å². The topological polar surface area (TPSA) is 93.2 Å². The molecule has 2 saturated heterocycles. The monoisotopic (exact) mass is 724 g/mol. The predicted molar refractivity (Wildman–Crippen MR) is 165 cm³/mol. The summed E-state index contributed by atoms with van der Waals surface area (Å²) in [7, 11) is 1.47. The highest BCUT2D eigenvalue weighted by molar-refractivity contribution is 6.67. The summed E-state index contributed by atoms with van der Waals surface area (Å²) in [5.41, 5.74) is 1.08. The Bertz CT molecular complexity index is 1630. The van der Waals surface area contributed by atoms with Crippen LogP contribution in [0.15, 0.2) is 46.5 Å². The number of methoxy groups -OCH3 is 1. The van der Waals surface area contributed by atoms with Crippen molar-refractivity contribution in [3.63, 3.8) is 0 Å². The summed E-state index contributed by atoms with van der Waals surface area (Å²) >= 11 is 45.5. The second-order valence-electron chi connectivity index (χ2n) is 10.7. The second-order valence-corrected chi connectivity index (χ2v) is 14.4. The van der Waals surface area contributed by atoms with Crippen LogP contribution in [0.25, 0.3) is 0 Å². The van der Waals surface area contributed by atoms with E-state index >= 15 is 0 Å². The number of alkyl halides is 4. The van der Waals surface area contributed by atoms with Crippen molar-refractivity contribution in [3.05, 3.63) is 57.0 Å². The lowest BCUT2D eigenvalue weighted by Gasteiger charge is -2.34. The first-order chi connectivity index (χ1) is 20.1. The van der Waals surface area contributed by atoms with E-state index in [1.807, 2.05) is 0 Å². The maximum Gasteiger partial charge on any atom is 0.316 e. The molecule has 43 heavy (non-hydrogen) atoms. The van der Waals surface area contributed by atoms with Crippen LogP contribution in [-0.2, 0) is 19.2 Å². The van der Waals surface area contributed by atoms with Crippen molar-refractivity contribution in [2.45, 2.75) is 27.4 Å². The van der Waals surface area contributed by atoms with Crippen molar-refractivity contribution in [2.24, 2.45) is 17.8 Å². The molecule has 0 aromatic heterocycles. The first-order valence-electron chi connectivity index (χ1n) is 12.8. The Kier molecular flexibility index (Phi) is 7.45. The number of carbonyl (C=O) groups excluding carboxylic acids is 4. The normalized spacial score (nSPS) is 30.9. The number of imide groups is 1. The molecule has 0 N–H and O–H groups in total. The molecular weight excluding hydrogens is 708 g/mol. The summed E-state index contributed by atoms with van der Waals surface area (Å²) in [6.45, 7) is 1.69. The SMILES string of the molecule is COc1ccc(Cl)cc1N1C[C@@H](C(=O)Oc2ccc(N3C(=O)[C@@H]4[C@H](C3=O)[C@@]3(Cl)C(Cl)=C(Cl)[C@@]4(Cl)C3(Cl)Cl)c(C)c2)CC1=O. The van der Waals surface area contributed by atoms with Gasteiger partial charge < -0.3 is 14.4 Å². The molecule has 6 rings (SSSR count). The Balaban J connectivity index is 1.21. The smallest absolute Gasteiger partial charge is 0.316 e. The zero-order valence-corrected chi connectivity index (χ0v) is 27.4. The average molecular weight is 728 g/mol. The van der Waals surface area contributed by atoms with Gasteiger partial charge in [-0.2, -0.15) is 0 Å². The van der Waals surface area contributed by atoms with Gasteiger partial charge in [0.1, 0.15) is 21.2 Å². The lowest BCUT2D eigenvalue weighted by molar-refractivity contribution is -0.139. The van der Waals surface area contributed by atoms with Crippen LogP contribution in [0.5, 0.6) is 11.5 Å². The first kappa shape index (κ1) is 31.1. The Morgan fingerprint density at radius 1 is 0.884 bits per heavy atom. The van der Waals surface area contributed by atoms with Gasteiger partial charge >= 0.3 is 5.97 Å². The van der Waals surface area contributed by atoms with E-state index in [2.05, 4.69) is 0 Å². The van der Waals surface area contributed by atoms with Crippen LogP contribution >= 0.6 is 81.2 Å². The number of hydrogen-bond donors (Lipinski definition) is 0. The number of fused-ring (bicyclic) bond motifs is 5. The minimum atomic E-state index is -2.04. The van der Waals surface area contributed by atoms with E-state index in [4.69, 9.17) is 90.7 Å². The molecule has 8 nitrogen and oxygen atoms in total. The summed E-state index contributed by atoms with van der Waals surface area (Å²) in [5, 5.41) is 0.0413. The highest BCUT2D eigenvalue weighted by Crippen LogP contribution is 2.77. The Morgan fingerprint density at radius 2 is 1.49 bits per heavy atom. The van der Waals surface area contributed by atoms with Crippen LogP contribution in [0, 0.1) is 24.7 Å². The number of esters is 1. The van der Waals surface area contributed by atoms with Crippen molar-refractivity contribution < 1.29 is 28.7 Å². The maximum atomic E-state index is 13.7. The van der Waals surface area contributed by atoms with Gasteiger partial charge in [-0.25, -0.2) is 4.90 Å². The molecule has 3 amide bonds. The van der Waals surface area contributed by atoms with Crippen LogP contribution in [-0.4, -0.2) is 51.4 Å². The largest absolute Gasteiger partial charge is 0.495 e. The van der Waals surface area contributed by atoms with Crippen LogP contribution in [0.1, 0.15) is 12.0 Å². The molecule has 2 aliphatic carbocycles. The lowest BCUT2D eigenvalue weighted by Crippen LogP contribution is -2.50. The molecule has 15 heteroatoms. The third kappa shape index (κ3) is 4.03. The lowest BCUT2D eigenvalue weighted by atomic mass is 9.84. The Hall–Kier alpha value is -1.91. The number of benzene rings is 2.